The maximum absolute atomic E-state index is 12.7. The predicted molar refractivity (Wildman–Crippen MR) is 108 cm³/mol. The Hall–Kier alpha value is -0.850. The summed E-state index contributed by atoms with van der Waals surface area (Å²) in [6.07, 6.45) is 0.298. The number of carbonyl (C=O) groups is 1. The van der Waals surface area contributed by atoms with Crippen LogP contribution in [0.2, 0.25) is 0 Å². The Labute approximate surface area is 184 Å². The van der Waals surface area contributed by atoms with E-state index in [9.17, 15) is 10.0 Å². The molecule has 0 aromatic rings. The lowest BCUT2D eigenvalue weighted by Gasteiger charge is -2.49. The molecule has 2 aliphatic rings. The van der Waals surface area contributed by atoms with E-state index in [0.29, 0.717) is 59.1 Å². The average Bonchev–Trinajstić information content (AvgIpc) is 2.70. The third-order valence-corrected chi connectivity index (χ3v) is 5.27. The first-order chi connectivity index (χ1) is 14.7. The molecule has 0 aromatic heterocycles. The molecule has 0 amide bonds. The molecule has 2 fully saturated rings. The minimum atomic E-state index is -0.638. The molecule has 0 bridgehead atoms. The lowest BCUT2D eigenvalue weighted by atomic mass is 9.75. The summed E-state index contributed by atoms with van der Waals surface area (Å²) in [6, 6.07) is 0. The summed E-state index contributed by atoms with van der Waals surface area (Å²) in [6.45, 7) is 10.9. The van der Waals surface area contributed by atoms with Crippen LogP contribution >= 0.6 is 0 Å². The lowest BCUT2D eigenvalue weighted by Crippen LogP contribution is -2.59. The fourth-order valence-corrected chi connectivity index (χ4v) is 3.94. The maximum atomic E-state index is 12.7. The highest BCUT2D eigenvalue weighted by atomic mass is 17.2. The summed E-state index contributed by atoms with van der Waals surface area (Å²) in [5, 5.41) is 13.6. The minimum absolute atomic E-state index is 0.00711. The molecule has 10 heteroatoms. The molecule has 2 saturated heterocycles. The van der Waals surface area contributed by atoms with Gasteiger partial charge in [-0.15, -0.1) is 10.3 Å². The molecule has 1 radical (unpaired) electrons. The van der Waals surface area contributed by atoms with Crippen LogP contribution in [0.15, 0.2) is 0 Å². The first-order valence-corrected chi connectivity index (χ1v) is 11.0. The smallest absolute Gasteiger partial charge is 0.309 e. The SMILES string of the molecule is CC1(C)CC(C(=O)OCC2COCCOCCOCCOCCOO2)CC(C)(C)N1[O]. The Morgan fingerprint density at radius 3 is 1.87 bits per heavy atom. The Kier molecular flexibility index (Phi) is 11.1. The number of hydrogen-bond donors (Lipinski definition) is 0. The van der Waals surface area contributed by atoms with Crippen LogP contribution in [0.1, 0.15) is 40.5 Å². The fourth-order valence-electron chi connectivity index (χ4n) is 3.94. The second kappa shape index (κ2) is 13.0. The van der Waals surface area contributed by atoms with E-state index in [0.717, 1.165) is 5.06 Å². The van der Waals surface area contributed by atoms with Crippen LogP contribution in [-0.4, -0.2) is 94.3 Å². The van der Waals surface area contributed by atoms with Crippen molar-refractivity contribution in [1.82, 2.24) is 5.06 Å². The summed E-state index contributed by atoms with van der Waals surface area (Å²) < 4.78 is 27.2. The zero-order valence-corrected chi connectivity index (χ0v) is 19.3. The molecular formula is C21H38NO9. The third-order valence-electron chi connectivity index (χ3n) is 5.27. The van der Waals surface area contributed by atoms with Crippen LogP contribution in [-0.2, 0) is 43.5 Å². The molecule has 2 aliphatic heterocycles. The number of rotatable bonds is 3. The second-order valence-corrected chi connectivity index (χ2v) is 9.11. The molecule has 10 nitrogen and oxygen atoms in total. The van der Waals surface area contributed by atoms with Gasteiger partial charge in [-0.05, 0) is 40.5 Å². The van der Waals surface area contributed by atoms with Gasteiger partial charge < -0.3 is 23.7 Å². The molecular weight excluding hydrogens is 410 g/mol. The summed E-state index contributed by atoms with van der Waals surface area (Å²) in [4.78, 5) is 23.3. The van der Waals surface area contributed by atoms with E-state index in [1.165, 1.54) is 0 Å². The van der Waals surface area contributed by atoms with Gasteiger partial charge in [0.15, 0.2) is 6.10 Å². The summed E-state index contributed by atoms with van der Waals surface area (Å²) in [5.41, 5.74) is -1.28. The van der Waals surface area contributed by atoms with E-state index < -0.39 is 17.2 Å². The Balaban J connectivity index is 1.82. The minimum Gasteiger partial charge on any atom is -0.462 e. The number of carbonyl (C=O) groups excluding carboxylic acids is 1. The zero-order chi connectivity index (χ0) is 22.7. The van der Waals surface area contributed by atoms with Crippen LogP contribution < -0.4 is 0 Å². The number of hydrogen-bond acceptors (Lipinski definition) is 9. The maximum Gasteiger partial charge on any atom is 0.309 e. The van der Waals surface area contributed by atoms with Crippen molar-refractivity contribution in [3.63, 3.8) is 0 Å². The standard InChI is InChI=1S/C21H38NO9/c1-20(2)13-17(14-21(3,4)22(20)24)19(23)29-16-18-15-28-10-9-26-6-5-25-7-8-27-11-12-30-31-18/h17-18H,5-16H2,1-4H3. The van der Waals surface area contributed by atoms with Gasteiger partial charge in [-0.25, -0.2) is 9.78 Å². The number of piperidine rings is 1. The van der Waals surface area contributed by atoms with Gasteiger partial charge in [0.2, 0.25) is 0 Å². The second-order valence-electron chi connectivity index (χ2n) is 9.11. The van der Waals surface area contributed by atoms with Crippen molar-refractivity contribution in [2.45, 2.75) is 57.7 Å². The molecule has 0 N–H and O–H groups in total. The van der Waals surface area contributed by atoms with E-state index in [-0.39, 0.29) is 31.7 Å². The van der Waals surface area contributed by atoms with E-state index in [1.54, 1.807) is 0 Å². The molecule has 2 heterocycles. The Bertz CT molecular complexity index is 495. The molecule has 0 aromatic carbocycles. The number of esters is 1. The van der Waals surface area contributed by atoms with Gasteiger partial charge >= 0.3 is 5.97 Å². The molecule has 1 atom stereocenters. The van der Waals surface area contributed by atoms with Crippen molar-refractivity contribution in [2.24, 2.45) is 5.92 Å². The predicted octanol–water partition coefficient (Wildman–Crippen LogP) is 1.54. The van der Waals surface area contributed by atoms with Crippen LogP contribution in [0.3, 0.4) is 0 Å². The van der Waals surface area contributed by atoms with E-state index >= 15 is 0 Å². The van der Waals surface area contributed by atoms with Crippen molar-refractivity contribution >= 4 is 5.97 Å². The normalized spacial score (nSPS) is 28.1. The number of nitrogens with zero attached hydrogens (tertiary/aromatic N) is 1. The number of hydroxylamine groups is 2. The van der Waals surface area contributed by atoms with Crippen molar-refractivity contribution in [3.8, 4) is 0 Å². The summed E-state index contributed by atoms with van der Waals surface area (Å²) in [7, 11) is 0. The van der Waals surface area contributed by atoms with Gasteiger partial charge in [-0.1, -0.05) is 0 Å². The van der Waals surface area contributed by atoms with E-state index in [1.807, 2.05) is 27.7 Å². The van der Waals surface area contributed by atoms with Crippen LogP contribution in [0.5, 0.6) is 0 Å². The highest BCUT2D eigenvalue weighted by Crippen LogP contribution is 2.40. The monoisotopic (exact) mass is 448 g/mol. The lowest BCUT2D eigenvalue weighted by molar-refractivity contribution is -0.339. The first kappa shape index (κ1) is 26.4. The van der Waals surface area contributed by atoms with Gasteiger partial charge in [0.05, 0.1) is 58.8 Å². The van der Waals surface area contributed by atoms with Crippen LogP contribution in [0.4, 0.5) is 0 Å². The van der Waals surface area contributed by atoms with Crippen molar-refractivity contribution < 1.29 is 43.5 Å². The molecule has 0 aliphatic carbocycles. The zero-order valence-electron chi connectivity index (χ0n) is 19.3. The van der Waals surface area contributed by atoms with Crippen molar-refractivity contribution in [1.29, 1.82) is 0 Å². The largest absolute Gasteiger partial charge is 0.462 e. The van der Waals surface area contributed by atoms with E-state index in [2.05, 4.69) is 0 Å². The van der Waals surface area contributed by atoms with Gasteiger partial charge in [0, 0.05) is 11.1 Å². The van der Waals surface area contributed by atoms with Crippen molar-refractivity contribution in [3.05, 3.63) is 0 Å². The Morgan fingerprint density at radius 2 is 1.32 bits per heavy atom. The molecule has 181 valence electrons. The molecule has 0 saturated carbocycles. The van der Waals surface area contributed by atoms with Gasteiger partial charge in [0.1, 0.15) is 13.2 Å². The average molecular weight is 449 g/mol. The van der Waals surface area contributed by atoms with Crippen LogP contribution in [0, 0.1) is 5.92 Å². The third kappa shape index (κ3) is 9.27. The quantitative estimate of drug-likeness (QED) is 0.469. The first-order valence-electron chi connectivity index (χ1n) is 11.0. The van der Waals surface area contributed by atoms with Crippen LogP contribution in [0.25, 0.3) is 0 Å². The summed E-state index contributed by atoms with van der Waals surface area (Å²) >= 11 is 0. The van der Waals surface area contributed by atoms with Gasteiger partial charge in [-0.2, -0.15) is 0 Å². The highest BCUT2D eigenvalue weighted by molar-refractivity contribution is 5.73. The fraction of sp³-hybridized carbons (Fsp3) is 0.952. The Morgan fingerprint density at radius 1 is 0.839 bits per heavy atom. The molecule has 31 heavy (non-hydrogen) atoms. The highest BCUT2D eigenvalue weighted by Gasteiger charge is 2.48. The van der Waals surface area contributed by atoms with Gasteiger partial charge in [-0.3, -0.25) is 4.79 Å². The topological polar surface area (TPSA) is 105 Å². The summed E-state index contributed by atoms with van der Waals surface area (Å²) in [5.74, 6) is -0.691. The molecule has 1 unspecified atom stereocenters. The van der Waals surface area contributed by atoms with Gasteiger partial charge in [0.25, 0.3) is 0 Å². The van der Waals surface area contributed by atoms with Crippen molar-refractivity contribution in [2.75, 3.05) is 66.1 Å². The number of ether oxygens (including phenoxy) is 5. The molecule has 0 spiro atoms. The molecule has 2 rings (SSSR count). The van der Waals surface area contributed by atoms with E-state index in [4.69, 9.17) is 33.5 Å².